The maximum atomic E-state index is 9.28. The smallest absolute Gasteiger partial charge is 0.161 e. The quantitative estimate of drug-likeness (QED) is 0.850. The summed E-state index contributed by atoms with van der Waals surface area (Å²) >= 11 is 0. The van der Waals surface area contributed by atoms with E-state index < -0.39 is 6.10 Å². The van der Waals surface area contributed by atoms with E-state index in [0.717, 1.165) is 5.56 Å². The Morgan fingerprint density at radius 1 is 1.24 bits per heavy atom. The number of ether oxygens (including phenoxy) is 2. The summed E-state index contributed by atoms with van der Waals surface area (Å²) in [6.07, 6.45) is 0.109. The van der Waals surface area contributed by atoms with Gasteiger partial charge in [0.1, 0.15) is 0 Å². The number of rotatable bonds is 5. The number of benzene rings is 1. The summed E-state index contributed by atoms with van der Waals surface area (Å²) in [5.41, 5.74) is 6.88. The molecule has 1 unspecified atom stereocenters. The normalized spacial score (nSPS) is 13.5. The van der Waals surface area contributed by atoms with Gasteiger partial charge in [-0.2, -0.15) is 0 Å². The molecule has 4 nitrogen and oxygen atoms in total. The third kappa shape index (κ3) is 4.42. The molecule has 0 radical (unpaired) electrons. The molecule has 1 rings (SSSR count). The van der Waals surface area contributed by atoms with Crippen LogP contribution in [0.2, 0.25) is 0 Å². The molecule has 0 saturated heterocycles. The van der Waals surface area contributed by atoms with Crippen LogP contribution in [0.25, 0.3) is 0 Å². The molecule has 1 aromatic carbocycles. The van der Waals surface area contributed by atoms with E-state index in [9.17, 15) is 5.11 Å². The molecule has 0 heterocycles. The lowest BCUT2D eigenvalue weighted by Crippen LogP contribution is -2.16. The fourth-order valence-electron chi connectivity index (χ4n) is 1.59. The summed E-state index contributed by atoms with van der Waals surface area (Å²) in [6, 6.07) is 5.34. The monoisotopic (exact) mass is 261 g/mol. The van der Waals surface area contributed by atoms with E-state index in [2.05, 4.69) is 0 Å². The van der Waals surface area contributed by atoms with Crippen molar-refractivity contribution in [2.75, 3.05) is 14.2 Å². The molecule has 5 heteroatoms. The Morgan fingerprint density at radius 2 is 1.82 bits per heavy atom. The van der Waals surface area contributed by atoms with Crippen molar-refractivity contribution in [3.63, 3.8) is 0 Å². The van der Waals surface area contributed by atoms with E-state index in [1.165, 1.54) is 0 Å². The highest BCUT2D eigenvalue weighted by atomic mass is 35.5. The Kier molecular flexibility index (Phi) is 6.95. The first-order valence-electron chi connectivity index (χ1n) is 5.24. The van der Waals surface area contributed by atoms with Gasteiger partial charge >= 0.3 is 0 Å². The average molecular weight is 262 g/mol. The van der Waals surface area contributed by atoms with Crippen LogP contribution in [-0.2, 0) is 0 Å². The summed E-state index contributed by atoms with van der Waals surface area (Å²) in [4.78, 5) is 0. The fraction of sp³-hybridized carbons (Fsp3) is 0.500. The van der Waals surface area contributed by atoms with Crippen LogP contribution in [0, 0.1) is 0 Å². The minimum absolute atomic E-state index is 0. The molecule has 0 aliphatic carbocycles. The molecule has 0 saturated carbocycles. The van der Waals surface area contributed by atoms with E-state index in [-0.39, 0.29) is 18.4 Å². The lowest BCUT2D eigenvalue weighted by atomic mass is 10.0. The topological polar surface area (TPSA) is 64.7 Å². The number of hydrogen-bond acceptors (Lipinski definition) is 4. The van der Waals surface area contributed by atoms with Crippen LogP contribution < -0.4 is 15.2 Å². The van der Waals surface area contributed by atoms with Gasteiger partial charge in [0, 0.05) is 6.04 Å². The van der Waals surface area contributed by atoms with Gasteiger partial charge in [0.05, 0.1) is 20.3 Å². The number of methoxy groups -OCH3 is 2. The highest BCUT2D eigenvalue weighted by Gasteiger charge is 2.12. The van der Waals surface area contributed by atoms with Gasteiger partial charge in [-0.25, -0.2) is 0 Å². The van der Waals surface area contributed by atoms with Crippen molar-refractivity contribution in [1.82, 2.24) is 0 Å². The van der Waals surface area contributed by atoms with E-state index in [0.29, 0.717) is 17.9 Å². The van der Waals surface area contributed by atoms with Crippen molar-refractivity contribution in [1.29, 1.82) is 0 Å². The lowest BCUT2D eigenvalue weighted by Gasteiger charge is -2.16. The lowest BCUT2D eigenvalue weighted by molar-refractivity contribution is 0.175. The van der Waals surface area contributed by atoms with Crippen LogP contribution in [0.1, 0.15) is 24.9 Å². The number of aliphatic hydroxyl groups excluding tert-OH is 1. The number of nitrogens with two attached hydrogens (primary N) is 1. The molecule has 0 spiro atoms. The second kappa shape index (κ2) is 7.37. The maximum absolute atomic E-state index is 9.28. The van der Waals surface area contributed by atoms with Crippen molar-refractivity contribution in [3.05, 3.63) is 23.8 Å². The Hall–Kier alpha value is -0.970. The van der Waals surface area contributed by atoms with Gasteiger partial charge < -0.3 is 20.3 Å². The molecule has 2 atom stereocenters. The van der Waals surface area contributed by atoms with E-state index in [1.807, 2.05) is 18.2 Å². The molecular weight excluding hydrogens is 242 g/mol. The predicted molar refractivity (Wildman–Crippen MR) is 70.0 cm³/mol. The molecule has 1 aromatic rings. The van der Waals surface area contributed by atoms with Crippen molar-refractivity contribution < 1.29 is 14.6 Å². The summed E-state index contributed by atoms with van der Waals surface area (Å²) in [6.45, 7) is 1.72. The Balaban J connectivity index is 0.00000256. The molecule has 0 aliphatic rings. The molecule has 98 valence electrons. The van der Waals surface area contributed by atoms with Gasteiger partial charge in [0.2, 0.25) is 0 Å². The molecule has 0 aliphatic heterocycles. The molecule has 0 amide bonds. The Morgan fingerprint density at radius 3 is 2.29 bits per heavy atom. The summed E-state index contributed by atoms with van der Waals surface area (Å²) < 4.78 is 10.3. The Labute approximate surface area is 108 Å². The zero-order valence-electron chi connectivity index (χ0n) is 10.3. The van der Waals surface area contributed by atoms with Crippen LogP contribution in [0.3, 0.4) is 0 Å². The van der Waals surface area contributed by atoms with Crippen molar-refractivity contribution >= 4 is 12.4 Å². The second-order valence-electron chi connectivity index (χ2n) is 3.81. The SMILES string of the molecule is COc1ccc(C(N)C[C@H](C)O)cc1OC.Cl. The molecule has 17 heavy (non-hydrogen) atoms. The first kappa shape index (κ1) is 16.0. The second-order valence-corrected chi connectivity index (χ2v) is 3.81. The van der Waals surface area contributed by atoms with Gasteiger partial charge in [-0.1, -0.05) is 6.07 Å². The summed E-state index contributed by atoms with van der Waals surface area (Å²) in [7, 11) is 3.18. The highest BCUT2D eigenvalue weighted by molar-refractivity contribution is 5.85. The van der Waals surface area contributed by atoms with Crippen LogP contribution in [0.5, 0.6) is 11.5 Å². The zero-order chi connectivity index (χ0) is 12.1. The van der Waals surface area contributed by atoms with Crippen LogP contribution in [0.15, 0.2) is 18.2 Å². The maximum Gasteiger partial charge on any atom is 0.161 e. The standard InChI is InChI=1S/C12H19NO3.ClH/c1-8(14)6-10(13)9-4-5-11(15-2)12(7-9)16-3;/h4-5,7-8,10,14H,6,13H2,1-3H3;1H/t8-,10?;/m0./s1. The van der Waals surface area contributed by atoms with Gasteiger partial charge in [0.15, 0.2) is 11.5 Å². The van der Waals surface area contributed by atoms with Crippen molar-refractivity contribution in [3.8, 4) is 11.5 Å². The molecule has 3 N–H and O–H groups in total. The zero-order valence-corrected chi connectivity index (χ0v) is 11.2. The highest BCUT2D eigenvalue weighted by Crippen LogP contribution is 2.30. The first-order valence-corrected chi connectivity index (χ1v) is 5.24. The van der Waals surface area contributed by atoms with Crippen molar-refractivity contribution in [2.45, 2.75) is 25.5 Å². The van der Waals surface area contributed by atoms with Gasteiger partial charge in [-0.3, -0.25) is 0 Å². The molecule has 0 aromatic heterocycles. The van der Waals surface area contributed by atoms with Crippen LogP contribution in [-0.4, -0.2) is 25.4 Å². The third-order valence-electron chi connectivity index (χ3n) is 2.43. The predicted octanol–water partition coefficient (Wildman–Crippen LogP) is 1.90. The van der Waals surface area contributed by atoms with Gasteiger partial charge in [-0.15, -0.1) is 12.4 Å². The van der Waals surface area contributed by atoms with E-state index in [4.69, 9.17) is 15.2 Å². The fourth-order valence-corrected chi connectivity index (χ4v) is 1.59. The minimum Gasteiger partial charge on any atom is -0.493 e. The summed E-state index contributed by atoms with van der Waals surface area (Å²) in [5.74, 6) is 1.33. The molecule has 0 fully saturated rings. The number of halogens is 1. The van der Waals surface area contributed by atoms with Gasteiger partial charge in [0.25, 0.3) is 0 Å². The largest absolute Gasteiger partial charge is 0.493 e. The number of hydrogen-bond donors (Lipinski definition) is 2. The summed E-state index contributed by atoms with van der Waals surface area (Å²) in [5, 5.41) is 9.28. The Bertz CT molecular complexity index is 345. The first-order chi connectivity index (χ1) is 7.58. The molecular formula is C12H20ClNO3. The minimum atomic E-state index is -0.414. The number of aliphatic hydroxyl groups is 1. The van der Waals surface area contributed by atoms with Gasteiger partial charge in [-0.05, 0) is 31.0 Å². The van der Waals surface area contributed by atoms with Crippen molar-refractivity contribution in [2.24, 2.45) is 5.73 Å². The average Bonchev–Trinajstić information content (AvgIpc) is 2.27. The van der Waals surface area contributed by atoms with Crippen LogP contribution in [0.4, 0.5) is 0 Å². The van der Waals surface area contributed by atoms with E-state index >= 15 is 0 Å². The van der Waals surface area contributed by atoms with E-state index in [1.54, 1.807) is 21.1 Å². The van der Waals surface area contributed by atoms with Crippen LogP contribution >= 0.6 is 12.4 Å². The third-order valence-corrected chi connectivity index (χ3v) is 2.43. The molecule has 0 bridgehead atoms.